The molecule has 1 fully saturated rings. The van der Waals surface area contributed by atoms with Gasteiger partial charge in [0.15, 0.2) is 0 Å². The Morgan fingerprint density at radius 2 is 1.79 bits per heavy atom. The molecule has 0 aromatic carbocycles. The highest BCUT2D eigenvalue weighted by Crippen LogP contribution is 2.20. The Labute approximate surface area is 88.3 Å². The van der Waals surface area contributed by atoms with Crippen molar-refractivity contribution in [2.24, 2.45) is 5.73 Å². The molecule has 14 heavy (non-hydrogen) atoms. The van der Waals surface area contributed by atoms with E-state index in [-0.39, 0.29) is 0 Å². The van der Waals surface area contributed by atoms with Gasteiger partial charge in [-0.25, -0.2) is 0 Å². The van der Waals surface area contributed by atoms with E-state index in [2.05, 4.69) is 4.90 Å². The molecular weight excluding hydrogens is 176 g/mol. The molecule has 3 nitrogen and oxygen atoms in total. The van der Waals surface area contributed by atoms with Crippen LogP contribution in [0.4, 0.5) is 0 Å². The van der Waals surface area contributed by atoms with Crippen molar-refractivity contribution in [1.82, 2.24) is 4.90 Å². The first-order valence-corrected chi connectivity index (χ1v) is 5.79. The van der Waals surface area contributed by atoms with Crippen LogP contribution in [-0.2, 0) is 0 Å². The summed E-state index contributed by atoms with van der Waals surface area (Å²) < 4.78 is 0. The molecule has 0 aromatic rings. The van der Waals surface area contributed by atoms with Crippen molar-refractivity contribution >= 4 is 0 Å². The summed E-state index contributed by atoms with van der Waals surface area (Å²) in [4.78, 5) is 2.38. The van der Waals surface area contributed by atoms with Gasteiger partial charge in [-0.2, -0.15) is 0 Å². The van der Waals surface area contributed by atoms with E-state index in [1.54, 1.807) is 0 Å². The first-order valence-electron chi connectivity index (χ1n) is 5.79. The second-order valence-electron chi connectivity index (χ2n) is 3.98. The van der Waals surface area contributed by atoms with E-state index in [4.69, 9.17) is 5.73 Å². The highest BCUT2D eigenvalue weighted by atomic mass is 16.3. The minimum atomic E-state index is -0.417. The van der Waals surface area contributed by atoms with Crippen molar-refractivity contribution in [3.8, 4) is 0 Å². The molecule has 1 saturated heterocycles. The number of piperidine rings is 1. The second-order valence-corrected chi connectivity index (χ2v) is 3.98. The lowest BCUT2D eigenvalue weighted by atomic mass is 9.94. The maximum absolute atomic E-state index is 9.67. The summed E-state index contributed by atoms with van der Waals surface area (Å²) in [5, 5.41) is 9.67. The average molecular weight is 202 g/mol. The van der Waals surface area contributed by atoms with Crippen molar-refractivity contribution in [1.29, 1.82) is 0 Å². The van der Waals surface area contributed by atoms with Crippen LogP contribution >= 0.6 is 0 Å². The zero-order chi connectivity index (χ0) is 11.0. The molecule has 1 aliphatic heterocycles. The van der Waals surface area contributed by atoms with Gasteiger partial charge in [0, 0.05) is 13.1 Å². The number of rotatable bonds is 3. The van der Waals surface area contributed by atoms with Gasteiger partial charge in [-0.1, -0.05) is 13.8 Å². The normalized spacial score (nSPS) is 21.2. The van der Waals surface area contributed by atoms with E-state index in [1.165, 1.54) is 0 Å². The van der Waals surface area contributed by atoms with Gasteiger partial charge >= 0.3 is 0 Å². The molecule has 1 aliphatic rings. The molecular formula is C11H26N2O. The number of nitrogens with two attached hydrogens (primary N) is 1. The maximum atomic E-state index is 9.67. The number of hydrogen-bond donors (Lipinski definition) is 2. The minimum Gasteiger partial charge on any atom is -0.390 e. The van der Waals surface area contributed by atoms with Crippen LogP contribution in [0.1, 0.15) is 40.0 Å². The third kappa shape index (κ3) is 5.58. The number of nitrogens with zero attached hydrogens (tertiary/aromatic N) is 1. The summed E-state index contributed by atoms with van der Waals surface area (Å²) in [6.07, 6.45) is 2.87. The quantitative estimate of drug-likeness (QED) is 0.723. The molecule has 86 valence electrons. The predicted octanol–water partition coefficient (Wildman–Crippen LogP) is 1.21. The van der Waals surface area contributed by atoms with Gasteiger partial charge < -0.3 is 15.7 Å². The molecule has 0 atom stereocenters. The van der Waals surface area contributed by atoms with Crippen LogP contribution in [0.2, 0.25) is 0 Å². The molecule has 1 rings (SSSR count). The summed E-state index contributed by atoms with van der Waals surface area (Å²) in [7, 11) is 0. The summed E-state index contributed by atoms with van der Waals surface area (Å²) in [6.45, 7) is 9.83. The van der Waals surface area contributed by atoms with Crippen LogP contribution in [0.25, 0.3) is 0 Å². The number of aliphatic hydroxyl groups is 1. The first-order chi connectivity index (χ1) is 6.64. The molecule has 0 bridgehead atoms. The third-order valence-electron chi connectivity index (χ3n) is 2.61. The van der Waals surface area contributed by atoms with Crippen molar-refractivity contribution in [2.45, 2.75) is 45.6 Å². The van der Waals surface area contributed by atoms with E-state index in [1.807, 2.05) is 20.8 Å². The zero-order valence-corrected chi connectivity index (χ0v) is 9.92. The smallest absolute Gasteiger partial charge is 0.0644 e. The van der Waals surface area contributed by atoms with Gasteiger partial charge in [-0.05, 0) is 39.3 Å². The molecule has 0 saturated carbocycles. The maximum Gasteiger partial charge on any atom is 0.0644 e. The Hall–Kier alpha value is -0.120. The van der Waals surface area contributed by atoms with Gasteiger partial charge in [0.25, 0.3) is 0 Å². The van der Waals surface area contributed by atoms with Crippen LogP contribution < -0.4 is 5.73 Å². The highest BCUT2D eigenvalue weighted by Gasteiger charge is 2.26. The van der Waals surface area contributed by atoms with Gasteiger partial charge in [-0.3, -0.25) is 0 Å². The molecule has 3 heteroatoms. The fourth-order valence-corrected chi connectivity index (χ4v) is 1.57. The number of likely N-dealkylation sites (tertiary alicyclic amines) is 1. The predicted molar refractivity (Wildman–Crippen MR) is 61.3 cm³/mol. The Balaban J connectivity index is 0.000000791. The van der Waals surface area contributed by atoms with Crippen LogP contribution in [0.5, 0.6) is 0 Å². The summed E-state index contributed by atoms with van der Waals surface area (Å²) >= 11 is 0. The molecule has 1 heterocycles. The molecule has 0 unspecified atom stereocenters. The van der Waals surface area contributed by atoms with E-state index in [9.17, 15) is 5.11 Å². The van der Waals surface area contributed by atoms with Gasteiger partial charge in [-0.15, -0.1) is 0 Å². The average Bonchev–Trinajstić information content (AvgIpc) is 2.19. The first kappa shape index (κ1) is 13.9. The largest absolute Gasteiger partial charge is 0.390 e. The topological polar surface area (TPSA) is 49.5 Å². The fourth-order valence-electron chi connectivity index (χ4n) is 1.57. The summed E-state index contributed by atoms with van der Waals surface area (Å²) in [6, 6.07) is 0. The summed E-state index contributed by atoms with van der Waals surface area (Å²) in [5.41, 5.74) is 5.01. The highest BCUT2D eigenvalue weighted by molar-refractivity contribution is 4.81. The monoisotopic (exact) mass is 202 g/mol. The van der Waals surface area contributed by atoms with Gasteiger partial charge in [0.05, 0.1) is 5.60 Å². The fraction of sp³-hybridized carbons (Fsp3) is 1.00. The Kier molecular flexibility index (Phi) is 7.15. The lowest BCUT2D eigenvalue weighted by molar-refractivity contribution is -0.00526. The SMILES string of the molecule is CC.CC1(O)CCN(CCCN)CC1. The van der Waals surface area contributed by atoms with E-state index in [0.717, 1.165) is 45.4 Å². The zero-order valence-electron chi connectivity index (χ0n) is 9.92. The Morgan fingerprint density at radius 3 is 2.21 bits per heavy atom. The van der Waals surface area contributed by atoms with E-state index in [0.29, 0.717) is 0 Å². The number of hydrogen-bond acceptors (Lipinski definition) is 3. The van der Waals surface area contributed by atoms with Crippen molar-refractivity contribution in [2.75, 3.05) is 26.2 Å². The van der Waals surface area contributed by atoms with Crippen molar-refractivity contribution < 1.29 is 5.11 Å². The molecule has 0 aromatic heterocycles. The van der Waals surface area contributed by atoms with Gasteiger partial charge in [0.1, 0.15) is 0 Å². The Bertz CT molecular complexity index is 127. The Morgan fingerprint density at radius 1 is 1.29 bits per heavy atom. The molecule has 0 radical (unpaired) electrons. The van der Waals surface area contributed by atoms with Crippen LogP contribution in [0, 0.1) is 0 Å². The molecule has 0 amide bonds. The lowest BCUT2D eigenvalue weighted by Crippen LogP contribution is -2.42. The standard InChI is InChI=1S/C9H20N2O.C2H6/c1-9(12)3-7-11(8-4-9)6-2-5-10;1-2/h12H,2-8,10H2,1H3;1-2H3. The van der Waals surface area contributed by atoms with Crippen LogP contribution in [-0.4, -0.2) is 41.8 Å². The third-order valence-corrected chi connectivity index (χ3v) is 2.61. The van der Waals surface area contributed by atoms with Gasteiger partial charge in [0.2, 0.25) is 0 Å². The van der Waals surface area contributed by atoms with Crippen LogP contribution in [0.3, 0.4) is 0 Å². The molecule has 3 N–H and O–H groups in total. The van der Waals surface area contributed by atoms with Crippen LogP contribution in [0.15, 0.2) is 0 Å². The van der Waals surface area contributed by atoms with E-state index < -0.39 is 5.60 Å². The van der Waals surface area contributed by atoms with Crippen molar-refractivity contribution in [3.63, 3.8) is 0 Å². The molecule has 0 spiro atoms. The summed E-state index contributed by atoms with van der Waals surface area (Å²) in [5.74, 6) is 0. The minimum absolute atomic E-state index is 0.417. The molecule has 0 aliphatic carbocycles. The van der Waals surface area contributed by atoms with Crippen molar-refractivity contribution in [3.05, 3.63) is 0 Å². The van der Waals surface area contributed by atoms with E-state index >= 15 is 0 Å². The lowest BCUT2D eigenvalue weighted by Gasteiger charge is -2.35. The second kappa shape index (κ2) is 7.21.